The van der Waals surface area contributed by atoms with E-state index in [9.17, 15) is 4.79 Å². The van der Waals surface area contributed by atoms with E-state index in [2.05, 4.69) is 57.3 Å². The summed E-state index contributed by atoms with van der Waals surface area (Å²) < 4.78 is 2.26. The fraction of sp³-hybridized carbons (Fsp3) is 0.250. The summed E-state index contributed by atoms with van der Waals surface area (Å²) in [6.07, 6.45) is 4.22. The zero-order valence-electron chi connectivity index (χ0n) is 19.9. The average molecular weight is 484 g/mol. The van der Waals surface area contributed by atoms with Gasteiger partial charge in [-0.05, 0) is 61.8 Å². The van der Waals surface area contributed by atoms with Crippen molar-refractivity contribution in [2.24, 2.45) is 0 Å². The van der Waals surface area contributed by atoms with Crippen molar-refractivity contribution >= 4 is 39.7 Å². The number of rotatable bonds is 7. The number of pyridine rings is 1. The van der Waals surface area contributed by atoms with Gasteiger partial charge in [-0.3, -0.25) is 9.78 Å². The smallest absolute Gasteiger partial charge is 0.226 e. The molecule has 1 fully saturated rings. The van der Waals surface area contributed by atoms with Crippen LogP contribution in [0.25, 0.3) is 10.8 Å². The van der Waals surface area contributed by atoms with Crippen LogP contribution in [0.15, 0.2) is 85.2 Å². The van der Waals surface area contributed by atoms with Crippen molar-refractivity contribution < 1.29 is 4.79 Å². The summed E-state index contributed by atoms with van der Waals surface area (Å²) >= 11 is 5.77. The van der Waals surface area contributed by atoms with Crippen molar-refractivity contribution in [3.63, 3.8) is 0 Å². The molecule has 1 aliphatic heterocycles. The molecule has 7 heteroatoms. The number of fused-ring (bicyclic) bond motifs is 1. The first-order valence-electron chi connectivity index (χ1n) is 12.0. The van der Waals surface area contributed by atoms with Crippen molar-refractivity contribution in [3.8, 4) is 0 Å². The lowest BCUT2D eigenvalue weighted by atomic mass is 10.0. The van der Waals surface area contributed by atoms with Crippen LogP contribution in [0.3, 0.4) is 0 Å². The van der Waals surface area contributed by atoms with Gasteiger partial charge in [0, 0.05) is 48.2 Å². The molecule has 1 amide bonds. The lowest BCUT2D eigenvalue weighted by Gasteiger charge is -2.29. The third kappa shape index (κ3) is 4.64. The molecule has 0 spiro atoms. The summed E-state index contributed by atoms with van der Waals surface area (Å²) in [5, 5.41) is 9.34. The minimum absolute atomic E-state index is 0.0385. The van der Waals surface area contributed by atoms with Crippen LogP contribution < -0.4 is 10.6 Å². The summed E-state index contributed by atoms with van der Waals surface area (Å²) in [4.78, 5) is 19.8. The molecule has 3 heterocycles. The predicted octanol–water partition coefficient (Wildman–Crippen LogP) is 5.62. The largest absolute Gasteiger partial charge is 0.352 e. The molecule has 6 nitrogen and oxygen atoms in total. The van der Waals surface area contributed by atoms with Gasteiger partial charge < -0.3 is 20.1 Å². The molecule has 2 aromatic carbocycles. The Labute approximate surface area is 211 Å². The Morgan fingerprint density at radius 3 is 2.66 bits per heavy atom. The molecule has 0 unspecified atom stereocenters. The average Bonchev–Trinajstić information content (AvgIpc) is 3.48. The number of anilines is 1. The summed E-state index contributed by atoms with van der Waals surface area (Å²) in [6.45, 7) is 4.84. The van der Waals surface area contributed by atoms with E-state index < -0.39 is 0 Å². The topological polar surface area (TPSA) is 62.2 Å². The fourth-order valence-electron chi connectivity index (χ4n) is 4.87. The highest BCUT2D eigenvalue weighted by Crippen LogP contribution is 2.39. The Morgan fingerprint density at radius 1 is 1.06 bits per heavy atom. The molecule has 0 aliphatic carbocycles. The number of benzene rings is 2. The highest BCUT2D eigenvalue weighted by Gasteiger charge is 2.41. The SMILES string of the molecule is CC(C)n1cccc1[C@H]1[C@H](c2ccccn2)NC(=S)N1CCC(=O)Nc1cccc2ccccc12. The zero-order chi connectivity index (χ0) is 24.4. The molecule has 2 atom stereocenters. The number of nitrogens with one attached hydrogen (secondary N) is 2. The van der Waals surface area contributed by atoms with Gasteiger partial charge in [-0.2, -0.15) is 0 Å². The first kappa shape index (κ1) is 23.1. The molecule has 0 saturated carbocycles. The number of aromatic nitrogens is 2. The van der Waals surface area contributed by atoms with Gasteiger partial charge >= 0.3 is 0 Å². The maximum Gasteiger partial charge on any atom is 0.226 e. The first-order chi connectivity index (χ1) is 17.0. The first-order valence-corrected chi connectivity index (χ1v) is 12.4. The number of thiocarbonyl (C=S) groups is 1. The number of amides is 1. The number of hydrogen-bond acceptors (Lipinski definition) is 3. The summed E-state index contributed by atoms with van der Waals surface area (Å²) in [5.41, 5.74) is 2.91. The van der Waals surface area contributed by atoms with E-state index in [1.54, 1.807) is 6.20 Å². The number of hydrogen-bond donors (Lipinski definition) is 2. The number of carbonyl (C=O) groups excluding carboxylic acids is 1. The van der Waals surface area contributed by atoms with Crippen LogP contribution in [0.5, 0.6) is 0 Å². The van der Waals surface area contributed by atoms with Gasteiger partial charge in [0.05, 0.1) is 17.8 Å². The van der Waals surface area contributed by atoms with Crippen LogP contribution in [-0.4, -0.2) is 32.0 Å². The minimum Gasteiger partial charge on any atom is -0.352 e. The van der Waals surface area contributed by atoms with Crippen LogP contribution >= 0.6 is 12.2 Å². The van der Waals surface area contributed by atoms with Gasteiger partial charge in [0.25, 0.3) is 0 Å². The highest BCUT2D eigenvalue weighted by atomic mass is 32.1. The maximum absolute atomic E-state index is 13.0. The van der Waals surface area contributed by atoms with Gasteiger partial charge in [0.1, 0.15) is 0 Å². The van der Waals surface area contributed by atoms with Crippen LogP contribution in [0.2, 0.25) is 0 Å². The summed E-state index contributed by atoms with van der Waals surface area (Å²) in [6, 6.07) is 24.3. The van der Waals surface area contributed by atoms with Crippen LogP contribution in [0.4, 0.5) is 5.69 Å². The van der Waals surface area contributed by atoms with Crippen LogP contribution in [-0.2, 0) is 4.79 Å². The van der Waals surface area contributed by atoms with Crippen molar-refractivity contribution in [3.05, 3.63) is 96.6 Å². The summed E-state index contributed by atoms with van der Waals surface area (Å²) in [7, 11) is 0. The third-order valence-electron chi connectivity index (χ3n) is 6.51. The molecule has 0 radical (unpaired) electrons. The minimum atomic E-state index is -0.0998. The summed E-state index contributed by atoms with van der Waals surface area (Å²) in [5.74, 6) is -0.0385. The normalized spacial score (nSPS) is 17.7. The van der Waals surface area contributed by atoms with E-state index in [1.807, 2.05) is 60.7 Å². The van der Waals surface area contributed by atoms with Crippen molar-refractivity contribution in [2.75, 3.05) is 11.9 Å². The predicted molar refractivity (Wildman–Crippen MR) is 144 cm³/mol. The Bertz CT molecular complexity index is 1340. The standard InChI is InChI=1S/C28H29N5OS/c1-19(2)32-17-8-14-24(32)27-26(23-12-5-6-16-29-23)31-28(35)33(27)18-15-25(34)30-22-13-7-10-20-9-3-4-11-21(20)22/h3-14,16-17,19,26-27H,15,18H2,1-2H3,(H,30,34)(H,31,35)/t26-,27-/m0/s1. The van der Waals surface area contributed by atoms with Gasteiger partial charge in [-0.15, -0.1) is 0 Å². The van der Waals surface area contributed by atoms with Gasteiger partial charge in [0.15, 0.2) is 5.11 Å². The van der Waals surface area contributed by atoms with Gasteiger partial charge in [0.2, 0.25) is 5.91 Å². The molecule has 5 rings (SSSR count). The Kier molecular flexibility index (Phi) is 6.51. The number of nitrogens with zero attached hydrogens (tertiary/aromatic N) is 3. The van der Waals surface area contributed by atoms with E-state index in [0.717, 1.165) is 27.8 Å². The molecule has 2 N–H and O–H groups in total. The van der Waals surface area contributed by atoms with Crippen molar-refractivity contribution in [1.82, 2.24) is 19.8 Å². The van der Waals surface area contributed by atoms with Crippen LogP contribution in [0, 0.1) is 0 Å². The van der Waals surface area contributed by atoms with Crippen molar-refractivity contribution in [2.45, 2.75) is 38.4 Å². The van der Waals surface area contributed by atoms with Crippen molar-refractivity contribution in [1.29, 1.82) is 0 Å². The second kappa shape index (κ2) is 9.88. The fourth-order valence-corrected chi connectivity index (χ4v) is 5.20. The zero-order valence-corrected chi connectivity index (χ0v) is 20.7. The molecular weight excluding hydrogens is 454 g/mol. The molecule has 1 saturated heterocycles. The van der Waals surface area contributed by atoms with Gasteiger partial charge in [-0.1, -0.05) is 42.5 Å². The molecule has 178 valence electrons. The quantitative estimate of drug-likeness (QED) is 0.334. The van der Waals surface area contributed by atoms with E-state index in [-0.39, 0.29) is 18.0 Å². The molecule has 4 aromatic rings. The third-order valence-corrected chi connectivity index (χ3v) is 6.86. The Balaban J connectivity index is 1.38. The molecule has 2 aromatic heterocycles. The highest BCUT2D eigenvalue weighted by molar-refractivity contribution is 7.80. The second-order valence-corrected chi connectivity index (χ2v) is 9.47. The molecule has 1 aliphatic rings. The van der Waals surface area contributed by atoms with E-state index in [0.29, 0.717) is 24.1 Å². The molecule has 0 bridgehead atoms. The maximum atomic E-state index is 13.0. The lowest BCUT2D eigenvalue weighted by molar-refractivity contribution is -0.116. The Hall–Kier alpha value is -3.71. The van der Waals surface area contributed by atoms with Crippen LogP contribution in [0.1, 0.15) is 49.8 Å². The number of carbonyl (C=O) groups is 1. The molecular formula is C28H29N5OS. The monoisotopic (exact) mass is 483 g/mol. The van der Waals surface area contributed by atoms with Gasteiger partial charge in [-0.25, -0.2) is 0 Å². The molecule has 35 heavy (non-hydrogen) atoms. The van der Waals surface area contributed by atoms with E-state index in [1.165, 1.54) is 0 Å². The van der Waals surface area contributed by atoms with E-state index in [4.69, 9.17) is 12.2 Å². The second-order valence-electron chi connectivity index (χ2n) is 9.08. The van der Waals surface area contributed by atoms with E-state index >= 15 is 0 Å². The lowest BCUT2D eigenvalue weighted by Crippen LogP contribution is -2.33. The Morgan fingerprint density at radius 2 is 1.86 bits per heavy atom.